The molecule has 0 aromatic heterocycles. The maximum absolute atomic E-state index is 12.6. The van der Waals surface area contributed by atoms with E-state index in [4.69, 9.17) is 4.74 Å². The van der Waals surface area contributed by atoms with Crippen LogP contribution in [0.5, 0.6) is 0 Å². The number of aryl methyl sites for hydroxylation is 1. The van der Waals surface area contributed by atoms with Gasteiger partial charge in [-0.3, -0.25) is 9.18 Å². The Morgan fingerprint density at radius 1 is 1.38 bits per heavy atom. The van der Waals surface area contributed by atoms with Crippen molar-refractivity contribution in [3.63, 3.8) is 0 Å². The molecule has 1 heterocycles. The third-order valence-electron chi connectivity index (χ3n) is 3.60. The van der Waals surface area contributed by atoms with Crippen molar-refractivity contribution in [3.05, 3.63) is 71.0 Å². The zero-order valence-corrected chi connectivity index (χ0v) is 14.4. The number of methoxy groups -OCH3 is 1. The fraction of sp³-hybridized carbons (Fsp3) is 0.263. The van der Waals surface area contributed by atoms with Gasteiger partial charge in [0.25, 0.3) is 5.91 Å². The van der Waals surface area contributed by atoms with E-state index >= 15 is 0 Å². The second-order valence-corrected chi connectivity index (χ2v) is 5.03. The number of halogens is 1. The van der Waals surface area contributed by atoms with Crippen molar-refractivity contribution in [2.45, 2.75) is 20.4 Å². The summed E-state index contributed by atoms with van der Waals surface area (Å²) in [6.45, 7) is 7.80. The topological polar surface area (TPSA) is 46.6 Å². The van der Waals surface area contributed by atoms with Crippen LogP contribution in [0.1, 0.15) is 28.4 Å². The summed E-state index contributed by atoms with van der Waals surface area (Å²) < 4.78 is 14.3. The van der Waals surface area contributed by atoms with Gasteiger partial charge in [0.15, 0.2) is 0 Å². The Labute approximate surface area is 141 Å². The Balaban J connectivity index is 0.00000139. The van der Waals surface area contributed by atoms with Crippen LogP contribution in [0, 0.1) is 6.92 Å². The highest BCUT2D eigenvalue weighted by molar-refractivity contribution is 6.02. The number of benzene rings is 1. The molecule has 1 amide bonds. The molecule has 0 saturated heterocycles. The van der Waals surface area contributed by atoms with Crippen molar-refractivity contribution >= 4 is 11.9 Å². The van der Waals surface area contributed by atoms with Gasteiger partial charge in [-0.25, -0.2) is 4.79 Å². The minimum absolute atomic E-state index is 0.106. The molecule has 1 aromatic rings. The number of hydrogen-bond acceptors (Lipinski definition) is 3. The summed E-state index contributed by atoms with van der Waals surface area (Å²) in [5, 5.41) is 0. The van der Waals surface area contributed by atoms with Gasteiger partial charge >= 0.3 is 5.97 Å². The van der Waals surface area contributed by atoms with Crippen molar-refractivity contribution in [2.75, 3.05) is 14.3 Å². The van der Waals surface area contributed by atoms with E-state index in [-0.39, 0.29) is 5.91 Å². The number of alkyl halides is 1. The molecule has 0 radical (unpaired) electrons. The highest BCUT2D eigenvalue weighted by Crippen LogP contribution is 2.30. The number of nitrogens with zero attached hydrogens (tertiary/aromatic N) is 1. The van der Waals surface area contributed by atoms with E-state index in [2.05, 4.69) is 6.58 Å². The molecule has 0 bridgehead atoms. The summed E-state index contributed by atoms with van der Waals surface area (Å²) >= 11 is 0. The van der Waals surface area contributed by atoms with Crippen LogP contribution in [-0.2, 0) is 16.1 Å². The predicted octanol–water partition coefficient (Wildman–Crippen LogP) is 3.73. The molecule has 0 spiro atoms. The van der Waals surface area contributed by atoms with Gasteiger partial charge in [-0.05, 0) is 31.6 Å². The minimum atomic E-state index is -0.493. The molecule has 0 fully saturated rings. The van der Waals surface area contributed by atoms with E-state index in [1.54, 1.807) is 24.0 Å². The van der Waals surface area contributed by atoms with Crippen LogP contribution >= 0.6 is 0 Å². The lowest BCUT2D eigenvalue weighted by Crippen LogP contribution is -2.27. The Hall–Kier alpha value is -2.69. The van der Waals surface area contributed by atoms with E-state index in [1.165, 1.54) is 13.2 Å². The average molecular weight is 331 g/mol. The lowest BCUT2D eigenvalue weighted by molar-refractivity contribution is -0.135. The normalized spacial score (nSPS) is 13.9. The van der Waals surface area contributed by atoms with Crippen LogP contribution in [0.25, 0.3) is 0 Å². The molecule has 128 valence electrons. The average Bonchev–Trinajstić information content (AvgIpc) is 2.92. The van der Waals surface area contributed by atoms with Gasteiger partial charge in [-0.15, -0.1) is 0 Å². The molecular formula is C19H22FNO3. The fourth-order valence-corrected chi connectivity index (χ4v) is 2.55. The second-order valence-electron chi connectivity index (χ2n) is 5.03. The maximum Gasteiger partial charge on any atom is 0.339 e. The van der Waals surface area contributed by atoms with Crippen molar-refractivity contribution in [2.24, 2.45) is 0 Å². The predicted molar refractivity (Wildman–Crippen MR) is 92.1 cm³/mol. The first-order valence-corrected chi connectivity index (χ1v) is 7.40. The quantitative estimate of drug-likeness (QED) is 0.480. The maximum atomic E-state index is 12.6. The molecule has 5 heteroatoms. The molecule has 0 aliphatic carbocycles. The van der Waals surface area contributed by atoms with Gasteiger partial charge < -0.3 is 9.64 Å². The van der Waals surface area contributed by atoms with Crippen molar-refractivity contribution in [1.82, 2.24) is 4.90 Å². The smallest absolute Gasteiger partial charge is 0.339 e. The zero-order valence-electron chi connectivity index (χ0n) is 14.4. The molecule has 24 heavy (non-hydrogen) atoms. The first kappa shape index (κ1) is 19.4. The van der Waals surface area contributed by atoms with Crippen LogP contribution < -0.4 is 0 Å². The van der Waals surface area contributed by atoms with Crippen LogP contribution in [0.15, 0.2) is 54.3 Å². The van der Waals surface area contributed by atoms with Crippen molar-refractivity contribution in [1.29, 1.82) is 0 Å². The number of fused-ring (bicyclic) bond motifs is 1. The van der Waals surface area contributed by atoms with Gasteiger partial charge in [0, 0.05) is 5.56 Å². The SMILES string of the molecule is C=C/C=C(C(=O)OC)\C(=C/C)N1Cc2ccc(C)cc2C1=O.CF. The Morgan fingerprint density at radius 3 is 2.58 bits per heavy atom. The first-order valence-electron chi connectivity index (χ1n) is 7.40. The second kappa shape index (κ2) is 8.82. The fourth-order valence-electron chi connectivity index (χ4n) is 2.55. The molecule has 4 nitrogen and oxygen atoms in total. The molecule has 2 rings (SSSR count). The van der Waals surface area contributed by atoms with Crippen LogP contribution in [0.3, 0.4) is 0 Å². The van der Waals surface area contributed by atoms with E-state index in [9.17, 15) is 14.0 Å². The van der Waals surface area contributed by atoms with E-state index in [0.717, 1.165) is 11.1 Å². The summed E-state index contributed by atoms with van der Waals surface area (Å²) in [7, 11) is 1.82. The number of esters is 1. The molecular weight excluding hydrogens is 309 g/mol. The summed E-state index contributed by atoms with van der Waals surface area (Å²) in [6.07, 6.45) is 4.80. The zero-order chi connectivity index (χ0) is 18.3. The van der Waals surface area contributed by atoms with Gasteiger partial charge in [0.2, 0.25) is 0 Å². The number of hydrogen-bond donors (Lipinski definition) is 0. The molecule has 0 N–H and O–H groups in total. The number of ether oxygens (including phenoxy) is 1. The summed E-state index contributed by atoms with van der Waals surface area (Å²) in [5.74, 6) is -0.599. The number of carbonyl (C=O) groups excluding carboxylic acids is 2. The standard InChI is InChI=1S/C18H19NO3.CH3F/c1-5-7-14(18(21)22-4)16(6-2)19-11-13-9-8-12(3)10-15(13)17(19)20;1-2/h5-10H,1,11H2,2-4H3;1H3/b14-7+,16-6+;. The number of amides is 1. The number of allylic oxidation sites excluding steroid dienone is 3. The third kappa shape index (κ3) is 3.79. The molecule has 1 aliphatic heterocycles. The Kier molecular flexibility index (Phi) is 7.11. The largest absolute Gasteiger partial charge is 0.465 e. The highest BCUT2D eigenvalue weighted by Gasteiger charge is 2.32. The van der Waals surface area contributed by atoms with E-state index < -0.39 is 5.97 Å². The Morgan fingerprint density at radius 2 is 2.04 bits per heavy atom. The minimum Gasteiger partial charge on any atom is -0.465 e. The first-order chi connectivity index (χ1) is 11.5. The van der Waals surface area contributed by atoms with Gasteiger partial charge in [-0.1, -0.05) is 36.4 Å². The molecule has 1 aliphatic rings. The number of rotatable bonds is 4. The van der Waals surface area contributed by atoms with Gasteiger partial charge in [0.1, 0.15) is 0 Å². The van der Waals surface area contributed by atoms with Crippen LogP contribution in [0.2, 0.25) is 0 Å². The van der Waals surface area contributed by atoms with Crippen LogP contribution in [0.4, 0.5) is 4.39 Å². The van der Waals surface area contributed by atoms with Crippen molar-refractivity contribution < 1.29 is 18.7 Å². The van der Waals surface area contributed by atoms with Gasteiger partial charge in [0.05, 0.1) is 32.1 Å². The highest BCUT2D eigenvalue weighted by atomic mass is 19.1. The van der Waals surface area contributed by atoms with Crippen molar-refractivity contribution in [3.8, 4) is 0 Å². The van der Waals surface area contributed by atoms with E-state index in [0.29, 0.717) is 30.6 Å². The monoisotopic (exact) mass is 331 g/mol. The molecule has 0 saturated carbocycles. The van der Waals surface area contributed by atoms with Gasteiger partial charge in [-0.2, -0.15) is 0 Å². The summed E-state index contributed by atoms with van der Waals surface area (Å²) in [4.78, 5) is 26.2. The van der Waals surface area contributed by atoms with Crippen LogP contribution in [-0.4, -0.2) is 31.1 Å². The molecule has 0 atom stereocenters. The van der Waals surface area contributed by atoms with E-state index in [1.807, 2.05) is 25.1 Å². The lowest BCUT2D eigenvalue weighted by atomic mass is 10.1. The Bertz CT molecular complexity index is 705. The summed E-state index contributed by atoms with van der Waals surface area (Å²) in [5.41, 5.74) is 3.52. The molecule has 0 unspecified atom stereocenters. The lowest BCUT2D eigenvalue weighted by Gasteiger charge is -2.20. The third-order valence-corrected chi connectivity index (χ3v) is 3.60. The molecule has 1 aromatic carbocycles. The number of carbonyl (C=O) groups is 2. The summed E-state index contributed by atoms with van der Waals surface area (Å²) in [6, 6.07) is 5.80.